The normalized spacial score (nSPS) is 29.3. The van der Waals surface area contributed by atoms with E-state index in [-0.39, 0.29) is 11.9 Å². The van der Waals surface area contributed by atoms with Gasteiger partial charge >= 0.3 is 0 Å². The molecular formula is C14H17BrN2O. The molecule has 3 atom stereocenters. The highest BCUT2D eigenvalue weighted by Gasteiger charge is 2.53. The monoisotopic (exact) mass is 308 g/mol. The lowest BCUT2D eigenvalue weighted by Crippen LogP contribution is -2.42. The summed E-state index contributed by atoms with van der Waals surface area (Å²) in [5, 5.41) is 0. The first kappa shape index (κ1) is 12.2. The Morgan fingerprint density at radius 2 is 2.33 bits per heavy atom. The van der Waals surface area contributed by atoms with Gasteiger partial charge in [0.05, 0.1) is 5.56 Å². The number of nitrogens with zero attached hydrogens (tertiary/aromatic N) is 1. The maximum absolute atomic E-state index is 12.6. The van der Waals surface area contributed by atoms with Crippen LogP contribution >= 0.6 is 15.9 Å². The van der Waals surface area contributed by atoms with E-state index in [9.17, 15) is 4.79 Å². The summed E-state index contributed by atoms with van der Waals surface area (Å²) in [5.74, 6) is 1.47. The van der Waals surface area contributed by atoms with Crippen molar-refractivity contribution in [1.82, 2.24) is 4.90 Å². The molecule has 1 aliphatic heterocycles. The molecule has 1 aromatic rings. The topological polar surface area (TPSA) is 46.3 Å². The molecule has 1 amide bonds. The summed E-state index contributed by atoms with van der Waals surface area (Å²) in [6.07, 6.45) is 1.25. The molecule has 2 fully saturated rings. The van der Waals surface area contributed by atoms with Crippen LogP contribution in [-0.4, -0.2) is 29.9 Å². The van der Waals surface area contributed by atoms with Crippen molar-refractivity contribution in [2.45, 2.75) is 19.4 Å². The molecule has 3 nitrogen and oxygen atoms in total. The van der Waals surface area contributed by atoms with Gasteiger partial charge in [-0.25, -0.2) is 0 Å². The van der Waals surface area contributed by atoms with Crippen molar-refractivity contribution >= 4 is 21.8 Å². The van der Waals surface area contributed by atoms with Crippen molar-refractivity contribution in [3.8, 4) is 0 Å². The van der Waals surface area contributed by atoms with Gasteiger partial charge in [-0.2, -0.15) is 0 Å². The second kappa shape index (κ2) is 4.35. The van der Waals surface area contributed by atoms with E-state index in [4.69, 9.17) is 5.73 Å². The van der Waals surface area contributed by atoms with E-state index < -0.39 is 0 Å². The number of fused-ring (bicyclic) bond motifs is 1. The smallest absolute Gasteiger partial charge is 0.255 e. The summed E-state index contributed by atoms with van der Waals surface area (Å²) in [7, 11) is 0. The lowest BCUT2D eigenvalue weighted by Gasteiger charge is -2.27. The Hall–Kier alpha value is -0.870. The number of benzene rings is 1. The second-order valence-corrected chi connectivity index (χ2v) is 6.26. The molecule has 2 aliphatic rings. The van der Waals surface area contributed by atoms with Crippen LogP contribution in [0.2, 0.25) is 0 Å². The molecule has 3 rings (SSSR count). The minimum Gasteiger partial charge on any atom is -0.334 e. The van der Waals surface area contributed by atoms with Gasteiger partial charge < -0.3 is 10.6 Å². The number of aryl methyl sites for hydroxylation is 1. The largest absolute Gasteiger partial charge is 0.334 e. The third-order valence-corrected chi connectivity index (χ3v) is 4.85. The van der Waals surface area contributed by atoms with Crippen LogP contribution in [0.15, 0.2) is 22.7 Å². The lowest BCUT2D eigenvalue weighted by molar-refractivity contribution is 0.0711. The fourth-order valence-corrected chi connectivity index (χ4v) is 3.48. The molecular weight excluding hydrogens is 292 g/mol. The molecule has 0 spiro atoms. The third-order valence-electron chi connectivity index (χ3n) is 4.16. The van der Waals surface area contributed by atoms with Crippen LogP contribution in [0.4, 0.5) is 0 Å². The SMILES string of the molecule is Cc1ccc(Br)c(C(=O)N2C[C@H]3C[C@H]3[C@H]2CN)c1. The molecule has 0 aromatic heterocycles. The predicted molar refractivity (Wildman–Crippen MR) is 74.4 cm³/mol. The van der Waals surface area contributed by atoms with Crippen molar-refractivity contribution in [2.75, 3.05) is 13.1 Å². The quantitative estimate of drug-likeness (QED) is 0.910. The Bertz CT molecular complexity index is 503. The van der Waals surface area contributed by atoms with Crippen LogP contribution in [0.5, 0.6) is 0 Å². The van der Waals surface area contributed by atoms with Gasteiger partial charge in [0.2, 0.25) is 0 Å². The van der Waals surface area contributed by atoms with E-state index >= 15 is 0 Å². The fraction of sp³-hybridized carbons (Fsp3) is 0.500. The molecule has 0 radical (unpaired) electrons. The van der Waals surface area contributed by atoms with E-state index in [1.165, 1.54) is 6.42 Å². The van der Waals surface area contributed by atoms with Crippen LogP contribution in [-0.2, 0) is 0 Å². The van der Waals surface area contributed by atoms with Crippen LogP contribution in [0, 0.1) is 18.8 Å². The van der Waals surface area contributed by atoms with Crippen molar-refractivity contribution in [2.24, 2.45) is 17.6 Å². The first-order chi connectivity index (χ1) is 8.61. The standard InChI is InChI=1S/C14H17BrN2O/c1-8-2-3-12(15)11(4-8)14(18)17-7-9-5-10(9)13(17)6-16/h2-4,9-10,13H,5-7,16H2,1H3/t9-,10-,13-/m1/s1. The zero-order valence-corrected chi connectivity index (χ0v) is 12.0. The number of amides is 1. The average molecular weight is 309 g/mol. The highest BCUT2D eigenvalue weighted by Crippen LogP contribution is 2.49. The maximum Gasteiger partial charge on any atom is 0.255 e. The fourth-order valence-electron chi connectivity index (χ4n) is 3.06. The van der Waals surface area contributed by atoms with Gasteiger partial charge in [-0.05, 0) is 53.2 Å². The van der Waals surface area contributed by atoms with Gasteiger partial charge in [-0.3, -0.25) is 4.79 Å². The van der Waals surface area contributed by atoms with E-state index in [1.807, 2.05) is 30.0 Å². The van der Waals surface area contributed by atoms with Gasteiger partial charge in [0, 0.05) is 23.6 Å². The highest BCUT2D eigenvalue weighted by molar-refractivity contribution is 9.10. The Labute approximate surface area is 115 Å². The highest BCUT2D eigenvalue weighted by atomic mass is 79.9. The molecule has 4 heteroatoms. The number of carbonyl (C=O) groups excluding carboxylic acids is 1. The van der Waals surface area contributed by atoms with Crippen LogP contribution in [0.25, 0.3) is 0 Å². The second-order valence-electron chi connectivity index (χ2n) is 5.40. The van der Waals surface area contributed by atoms with E-state index in [0.29, 0.717) is 18.4 Å². The number of halogens is 1. The molecule has 2 N–H and O–H groups in total. The van der Waals surface area contributed by atoms with Gasteiger partial charge in [0.25, 0.3) is 5.91 Å². The summed E-state index contributed by atoms with van der Waals surface area (Å²) in [5.41, 5.74) is 7.69. The molecule has 1 heterocycles. The Morgan fingerprint density at radius 1 is 1.56 bits per heavy atom. The van der Waals surface area contributed by atoms with E-state index in [0.717, 1.165) is 22.1 Å². The summed E-state index contributed by atoms with van der Waals surface area (Å²) >= 11 is 3.47. The molecule has 18 heavy (non-hydrogen) atoms. The van der Waals surface area contributed by atoms with Crippen molar-refractivity contribution < 1.29 is 4.79 Å². The van der Waals surface area contributed by atoms with Gasteiger partial charge in [-0.15, -0.1) is 0 Å². The molecule has 0 bridgehead atoms. The van der Waals surface area contributed by atoms with E-state index in [2.05, 4.69) is 15.9 Å². The molecule has 0 unspecified atom stereocenters. The number of nitrogens with two attached hydrogens (primary N) is 1. The third kappa shape index (κ3) is 1.88. The van der Waals surface area contributed by atoms with Crippen LogP contribution in [0.1, 0.15) is 22.3 Å². The van der Waals surface area contributed by atoms with Crippen LogP contribution in [0.3, 0.4) is 0 Å². The Kier molecular flexibility index (Phi) is 2.94. The first-order valence-electron chi connectivity index (χ1n) is 6.39. The molecule has 1 aromatic carbocycles. The summed E-state index contributed by atoms with van der Waals surface area (Å²) in [4.78, 5) is 14.6. The summed E-state index contributed by atoms with van der Waals surface area (Å²) in [6, 6.07) is 6.14. The van der Waals surface area contributed by atoms with Crippen LogP contribution < -0.4 is 5.73 Å². The van der Waals surface area contributed by atoms with Crippen molar-refractivity contribution in [3.63, 3.8) is 0 Å². The van der Waals surface area contributed by atoms with Gasteiger partial charge in [0.15, 0.2) is 0 Å². The predicted octanol–water partition coefficient (Wildman–Crippen LogP) is 2.18. The Morgan fingerprint density at radius 3 is 3.06 bits per heavy atom. The molecule has 96 valence electrons. The number of piperidine rings is 1. The number of rotatable bonds is 2. The van der Waals surface area contributed by atoms with Gasteiger partial charge in [0.1, 0.15) is 0 Å². The summed E-state index contributed by atoms with van der Waals surface area (Å²) < 4.78 is 0.870. The molecule has 1 saturated heterocycles. The maximum atomic E-state index is 12.6. The summed E-state index contributed by atoms with van der Waals surface area (Å²) in [6.45, 7) is 3.47. The lowest BCUT2D eigenvalue weighted by atomic mass is 10.1. The van der Waals surface area contributed by atoms with Crippen molar-refractivity contribution in [1.29, 1.82) is 0 Å². The number of carbonyl (C=O) groups is 1. The molecule has 1 aliphatic carbocycles. The number of likely N-dealkylation sites (tertiary alicyclic amines) is 1. The molecule has 1 saturated carbocycles. The average Bonchev–Trinajstić information content (AvgIpc) is 3.03. The Balaban J connectivity index is 1.88. The number of hydrogen-bond donors (Lipinski definition) is 1. The zero-order chi connectivity index (χ0) is 12.9. The van der Waals surface area contributed by atoms with Crippen molar-refractivity contribution in [3.05, 3.63) is 33.8 Å². The first-order valence-corrected chi connectivity index (χ1v) is 7.18. The number of hydrogen-bond acceptors (Lipinski definition) is 2. The zero-order valence-electron chi connectivity index (χ0n) is 10.4. The van der Waals surface area contributed by atoms with E-state index in [1.54, 1.807) is 0 Å². The minimum absolute atomic E-state index is 0.119. The van der Waals surface area contributed by atoms with Gasteiger partial charge in [-0.1, -0.05) is 11.6 Å². The minimum atomic E-state index is 0.119.